The molecule has 2 N–H and O–H groups in total. The molecule has 0 saturated carbocycles. The highest BCUT2D eigenvalue weighted by Gasteiger charge is 2.44. The summed E-state index contributed by atoms with van der Waals surface area (Å²) in [6, 6.07) is 2.20. The Kier molecular flexibility index (Phi) is 4.17. The van der Waals surface area contributed by atoms with Gasteiger partial charge in [0, 0.05) is 18.2 Å². The van der Waals surface area contributed by atoms with Gasteiger partial charge in [0.1, 0.15) is 11.6 Å². The topological polar surface area (TPSA) is 84.5 Å². The Bertz CT molecular complexity index is 950. The van der Waals surface area contributed by atoms with E-state index in [1.165, 1.54) is 26.4 Å². The lowest BCUT2D eigenvalue weighted by atomic mass is 9.91. The minimum atomic E-state index is -4.59. The molecule has 3 rings (SSSR count). The maximum absolute atomic E-state index is 13.6. The van der Waals surface area contributed by atoms with Crippen molar-refractivity contribution >= 4 is 5.97 Å². The molecule has 26 heavy (non-hydrogen) atoms. The molecule has 0 radical (unpaired) electrons. The van der Waals surface area contributed by atoms with Gasteiger partial charge in [-0.05, 0) is 23.8 Å². The molecule has 9 heteroatoms. The summed E-state index contributed by atoms with van der Waals surface area (Å²) in [7, 11) is 2.79. The van der Waals surface area contributed by atoms with E-state index in [0.717, 1.165) is 16.8 Å². The number of methoxy groups -OCH3 is 2. The number of hydrogen-bond acceptors (Lipinski definition) is 4. The minimum Gasteiger partial charge on any atom is -0.493 e. The second-order valence-corrected chi connectivity index (χ2v) is 5.82. The molecule has 0 spiro atoms. The first-order valence-electron chi connectivity index (χ1n) is 7.53. The molecule has 6 nitrogen and oxygen atoms in total. The Morgan fingerprint density at radius 2 is 1.85 bits per heavy atom. The van der Waals surface area contributed by atoms with Gasteiger partial charge in [-0.15, -0.1) is 0 Å². The number of aromatic carboxylic acids is 1. The van der Waals surface area contributed by atoms with Gasteiger partial charge in [0.2, 0.25) is 0 Å². The number of aromatic nitrogens is 1. The Balaban J connectivity index is 2.34. The summed E-state index contributed by atoms with van der Waals surface area (Å²) in [6.07, 6.45) is -4.10. The summed E-state index contributed by atoms with van der Waals surface area (Å²) >= 11 is 0. The maximum atomic E-state index is 13.6. The monoisotopic (exact) mass is 368 g/mol. The van der Waals surface area contributed by atoms with E-state index < -0.39 is 23.8 Å². The molecule has 1 aromatic heterocycles. The summed E-state index contributed by atoms with van der Waals surface area (Å²) < 4.78 is 52.0. The van der Waals surface area contributed by atoms with Crippen LogP contribution in [0.5, 0.6) is 11.5 Å². The average Bonchev–Trinajstić information content (AvgIpc) is 2.58. The first-order valence-corrected chi connectivity index (χ1v) is 7.53. The first-order chi connectivity index (χ1) is 12.2. The molecular weight excluding hydrogens is 353 g/mol. The molecule has 2 aromatic rings. The zero-order chi connectivity index (χ0) is 19.2. The molecule has 0 saturated heterocycles. The molecular formula is C17H15F3N2O4. The Hall–Kier alpha value is -2.97. The van der Waals surface area contributed by atoms with Crippen LogP contribution < -0.4 is 14.8 Å². The highest BCUT2D eigenvalue weighted by molar-refractivity contribution is 5.87. The van der Waals surface area contributed by atoms with Crippen molar-refractivity contribution in [1.29, 1.82) is 5.41 Å². The summed E-state index contributed by atoms with van der Waals surface area (Å²) in [5.74, 6) is -0.824. The van der Waals surface area contributed by atoms with Crippen LogP contribution in [0.4, 0.5) is 13.2 Å². The second kappa shape index (κ2) is 6.08. The number of alkyl halides is 3. The van der Waals surface area contributed by atoms with Gasteiger partial charge in [-0.2, -0.15) is 13.2 Å². The van der Waals surface area contributed by atoms with Crippen molar-refractivity contribution in [1.82, 2.24) is 4.57 Å². The predicted octanol–water partition coefficient (Wildman–Crippen LogP) is 3.01. The summed E-state index contributed by atoms with van der Waals surface area (Å²) in [4.78, 5) is 11.2. The molecule has 1 aliphatic rings. The van der Waals surface area contributed by atoms with Crippen LogP contribution in [0.1, 0.15) is 22.0 Å². The first kappa shape index (κ1) is 17.8. The molecule has 138 valence electrons. The number of benzene rings is 1. The van der Waals surface area contributed by atoms with Crippen molar-refractivity contribution in [2.24, 2.45) is 0 Å². The lowest BCUT2D eigenvalue weighted by Gasteiger charge is -2.32. The number of halogens is 3. The third kappa shape index (κ3) is 2.79. The molecule has 0 bridgehead atoms. The van der Waals surface area contributed by atoms with Gasteiger partial charge in [0.05, 0.1) is 25.3 Å². The number of ether oxygens (including phenoxy) is 2. The predicted molar refractivity (Wildman–Crippen MR) is 84.6 cm³/mol. The van der Waals surface area contributed by atoms with Crippen molar-refractivity contribution in [2.75, 3.05) is 14.2 Å². The highest BCUT2D eigenvalue weighted by Crippen LogP contribution is 2.45. The lowest BCUT2D eigenvalue weighted by molar-refractivity contribution is -0.167. The van der Waals surface area contributed by atoms with E-state index in [1.54, 1.807) is 0 Å². The molecule has 1 unspecified atom stereocenters. The van der Waals surface area contributed by atoms with E-state index in [9.17, 15) is 18.0 Å². The van der Waals surface area contributed by atoms with Crippen LogP contribution in [0.25, 0.3) is 11.3 Å². The van der Waals surface area contributed by atoms with Crippen molar-refractivity contribution < 1.29 is 32.5 Å². The van der Waals surface area contributed by atoms with E-state index in [1.807, 2.05) is 0 Å². The van der Waals surface area contributed by atoms with Crippen LogP contribution in [-0.2, 0) is 6.42 Å². The number of carboxylic acids is 1. The number of nitrogens with one attached hydrogen (secondary N) is 1. The second-order valence-electron chi connectivity index (χ2n) is 5.82. The van der Waals surface area contributed by atoms with Gasteiger partial charge in [-0.3, -0.25) is 5.41 Å². The molecule has 1 aliphatic heterocycles. The van der Waals surface area contributed by atoms with Crippen LogP contribution in [0.2, 0.25) is 0 Å². The van der Waals surface area contributed by atoms with Crippen molar-refractivity contribution in [3.8, 4) is 22.8 Å². The molecule has 1 atom stereocenters. The standard InChI is InChI=1S/C17H15F3N2O4/c1-25-13-3-8-4-15(17(18,19)20)22-7-10(16(23)24)11(21)6-12(22)9(8)5-14(13)26-2/h3,5-7,15,21H,4H2,1-2H3,(H,23,24). The van der Waals surface area contributed by atoms with E-state index in [0.29, 0.717) is 22.6 Å². The zero-order valence-electron chi connectivity index (χ0n) is 13.8. The van der Waals surface area contributed by atoms with Crippen LogP contribution in [0.15, 0.2) is 24.4 Å². The highest BCUT2D eigenvalue weighted by atomic mass is 19.4. The van der Waals surface area contributed by atoms with E-state index >= 15 is 0 Å². The fraction of sp³-hybridized carbons (Fsp3) is 0.294. The average molecular weight is 368 g/mol. The number of nitrogens with zero attached hydrogens (tertiary/aromatic N) is 1. The lowest BCUT2D eigenvalue weighted by Crippen LogP contribution is -2.34. The van der Waals surface area contributed by atoms with E-state index in [4.69, 9.17) is 20.0 Å². The van der Waals surface area contributed by atoms with Gasteiger partial charge in [0.15, 0.2) is 11.5 Å². The van der Waals surface area contributed by atoms with Crippen molar-refractivity contribution in [3.05, 3.63) is 40.9 Å². The summed E-state index contributed by atoms with van der Waals surface area (Å²) in [5.41, 5.74) is 0.428. The molecule has 0 aliphatic carbocycles. The molecule has 2 heterocycles. The number of carboxylic acid groups (broad SMARTS) is 1. The largest absolute Gasteiger partial charge is 0.493 e. The van der Waals surface area contributed by atoms with Gasteiger partial charge >= 0.3 is 12.1 Å². The fourth-order valence-corrected chi connectivity index (χ4v) is 3.12. The number of fused-ring (bicyclic) bond motifs is 3. The van der Waals surface area contributed by atoms with Gasteiger partial charge < -0.3 is 19.1 Å². The van der Waals surface area contributed by atoms with Crippen LogP contribution >= 0.6 is 0 Å². The normalized spacial score (nSPS) is 15.8. The summed E-state index contributed by atoms with van der Waals surface area (Å²) in [6.45, 7) is 0. The minimum absolute atomic E-state index is 0.101. The van der Waals surface area contributed by atoms with Gasteiger partial charge in [-0.1, -0.05) is 0 Å². The number of rotatable bonds is 3. The van der Waals surface area contributed by atoms with Crippen LogP contribution in [0.3, 0.4) is 0 Å². The van der Waals surface area contributed by atoms with Crippen molar-refractivity contribution in [2.45, 2.75) is 18.6 Å². The molecule has 0 fully saturated rings. The zero-order valence-corrected chi connectivity index (χ0v) is 13.8. The third-order valence-electron chi connectivity index (χ3n) is 4.36. The quantitative estimate of drug-likeness (QED) is 0.872. The third-order valence-corrected chi connectivity index (χ3v) is 4.36. The van der Waals surface area contributed by atoms with Crippen LogP contribution in [0, 0.1) is 5.41 Å². The van der Waals surface area contributed by atoms with Crippen LogP contribution in [-0.4, -0.2) is 36.0 Å². The SMILES string of the molecule is COc1cc2c(cc1OC)-c1cc(=N)c(C(=O)O)cn1C(C(F)(F)F)C2. The maximum Gasteiger partial charge on any atom is 0.409 e. The smallest absolute Gasteiger partial charge is 0.409 e. The van der Waals surface area contributed by atoms with Gasteiger partial charge in [-0.25, -0.2) is 4.79 Å². The number of carbonyl (C=O) groups is 1. The van der Waals surface area contributed by atoms with E-state index in [2.05, 4.69) is 0 Å². The van der Waals surface area contributed by atoms with Gasteiger partial charge in [0.25, 0.3) is 0 Å². The number of hydrogen-bond donors (Lipinski definition) is 2. The fourth-order valence-electron chi connectivity index (χ4n) is 3.12. The molecule has 0 amide bonds. The Morgan fingerprint density at radius 3 is 2.38 bits per heavy atom. The Labute approximate surface area is 145 Å². The van der Waals surface area contributed by atoms with E-state index in [-0.39, 0.29) is 17.5 Å². The molecule has 1 aromatic carbocycles. The van der Waals surface area contributed by atoms with Crippen molar-refractivity contribution in [3.63, 3.8) is 0 Å². The Morgan fingerprint density at radius 1 is 1.23 bits per heavy atom. The number of pyridine rings is 1. The summed E-state index contributed by atoms with van der Waals surface area (Å²) in [5, 5.41) is 16.6.